The molecule has 0 unspecified atom stereocenters. The Morgan fingerprint density at radius 2 is 1.70 bits per heavy atom. The predicted octanol–water partition coefficient (Wildman–Crippen LogP) is 5.59. The van der Waals surface area contributed by atoms with Crippen LogP contribution in [0.25, 0.3) is 0 Å². The lowest BCUT2D eigenvalue weighted by atomic mass is 9.83. The molecule has 3 atom stereocenters. The number of ether oxygens (including phenoxy) is 1. The molecule has 0 radical (unpaired) electrons. The number of aromatic nitrogens is 1. The highest BCUT2D eigenvalue weighted by Crippen LogP contribution is 2.54. The number of thioether (sulfide) groups is 1. The number of benzene rings is 3. The van der Waals surface area contributed by atoms with Crippen LogP contribution in [0.4, 0.5) is 11.4 Å². The van der Waals surface area contributed by atoms with Crippen molar-refractivity contribution in [2.75, 3.05) is 16.8 Å². The van der Waals surface area contributed by atoms with Crippen LogP contribution in [0.3, 0.4) is 0 Å². The minimum Gasteiger partial charge on any atom is -0.462 e. The van der Waals surface area contributed by atoms with Crippen molar-refractivity contribution in [3.8, 4) is 0 Å². The summed E-state index contributed by atoms with van der Waals surface area (Å²) in [6.07, 6.45) is 0. The smallest absolute Gasteiger partial charge is 0.338 e. The van der Waals surface area contributed by atoms with Gasteiger partial charge in [0.25, 0.3) is 0 Å². The number of hydrogen-bond acceptors (Lipinski definition) is 8. The number of imide groups is 1. The molecule has 1 saturated heterocycles. The Labute approximate surface area is 269 Å². The zero-order valence-corrected chi connectivity index (χ0v) is 26.8. The van der Waals surface area contributed by atoms with Gasteiger partial charge in [0.15, 0.2) is 0 Å². The molecule has 0 aliphatic carbocycles. The molecule has 0 spiro atoms. The molecule has 3 heterocycles. The maximum absolute atomic E-state index is 14.1. The lowest BCUT2D eigenvalue weighted by Crippen LogP contribution is -2.33. The molecule has 0 saturated carbocycles. The van der Waals surface area contributed by atoms with E-state index in [-0.39, 0.29) is 29.8 Å². The van der Waals surface area contributed by atoms with Crippen molar-refractivity contribution in [2.24, 2.45) is 5.92 Å². The Bertz CT molecular complexity index is 1850. The minimum atomic E-state index is -0.825. The summed E-state index contributed by atoms with van der Waals surface area (Å²) in [6.45, 7) is 3.62. The number of rotatable bonds is 7. The van der Waals surface area contributed by atoms with Crippen molar-refractivity contribution in [2.45, 2.75) is 36.6 Å². The van der Waals surface area contributed by atoms with Crippen molar-refractivity contribution in [1.29, 1.82) is 0 Å². The van der Waals surface area contributed by atoms with E-state index in [1.165, 1.54) is 16.7 Å². The van der Waals surface area contributed by atoms with Crippen LogP contribution in [0.1, 0.15) is 39.2 Å². The number of hydrogen-bond donors (Lipinski definition) is 1. The number of anilines is 2. The molecule has 3 aromatic carbocycles. The van der Waals surface area contributed by atoms with Crippen molar-refractivity contribution in [1.82, 2.24) is 4.57 Å². The van der Waals surface area contributed by atoms with E-state index in [9.17, 15) is 24.0 Å². The van der Waals surface area contributed by atoms with E-state index < -0.39 is 29.0 Å². The van der Waals surface area contributed by atoms with E-state index in [0.29, 0.717) is 26.8 Å². The second kappa shape index (κ2) is 12.2. The highest BCUT2D eigenvalue weighted by molar-refractivity contribution is 9.10. The molecule has 12 heteroatoms. The average Bonchev–Trinajstić information content (AvgIpc) is 3.44. The molecule has 224 valence electrons. The Hall–Kier alpha value is -4.00. The third-order valence-electron chi connectivity index (χ3n) is 7.52. The summed E-state index contributed by atoms with van der Waals surface area (Å²) in [5.41, 5.74) is 3.04. The number of nitrogens with zero attached hydrogens (tertiary/aromatic N) is 2. The van der Waals surface area contributed by atoms with Crippen LogP contribution in [-0.2, 0) is 25.7 Å². The maximum atomic E-state index is 14.1. The van der Waals surface area contributed by atoms with Gasteiger partial charge in [0.2, 0.25) is 17.7 Å². The fourth-order valence-electron chi connectivity index (χ4n) is 5.57. The van der Waals surface area contributed by atoms with Crippen molar-refractivity contribution < 1.29 is 23.9 Å². The van der Waals surface area contributed by atoms with Gasteiger partial charge in [0.1, 0.15) is 11.8 Å². The summed E-state index contributed by atoms with van der Waals surface area (Å²) in [5.74, 6) is -3.04. The Morgan fingerprint density at radius 1 is 0.977 bits per heavy atom. The fraction of sp³-hybridized carbons (Fsp3) is 0.219. The molecular weight excluding hydrogens is 666 g/mol. The molecule has 1 N–H and O–H groups in total. The zero-order valence-electron chi connectivity index (χ0n) is 23.6. The summed E-state index contributed by atoms with van der Waals surface area (Å²) in [4.78, 5) is 68.1. The first kappa shape index (κ1) is 30.0. The zero-order chi connectivity index (χ0) is 31.1. The molecule has 44 heavy (non-hydrogen) atoms. The highest BCUT2D eigenvalue weighted by Gasteiger charge is 2.56. The van der Waals surface area contributed by atoms with Gasteiger partial charge in [-0.3, -0.25) is 23.7 Å². The van der Waals surface area contributed by atoms with Gasteiger partial charge in [-0.2, -0.15) is 0 Å². The lowest BCUT2D eigenvalue weighted by Gasteiger charge is -2.30. The van der Waals surface area contributed by atoms with Crippen LogP contribution in [0.2, 0.25) is 0 Å². The molecule has 2 aliphatic heterocycles. The summed E-state index contributed by atoms with van der Waals surface area (Å²) in [6, 6.07) is 21.0. The van der Waals surface area contributed by atoms with Crippen LogP contribution in [0.15, 0.2) is 87.1 Å². The van der Waals surface area contributed by atoms with Gasteiger partial charge in [-0.05, 0) is 73.5 Å². The number of nitrogens with one attached hydrogen (secondary N) is 1. The first-order chi connectivity index (χ1) is 21.2. The normalized spacial score (nSPS) is 19.0. The van der Waals surface area contributed by atoms with Crippen LogP contribution in [0, 0.1) is 12.8 Å². The highest BCUT2D eigenvalue weighted by atomic mass is 79.9. The standard InChI is InChI=1S/C32H26BrN3O6S2/c1-3-42-31(40)19-9-13-22(14-10-19)36-28(38)25-24(18-7-11-20(33)12-8-18)27-30(43-26(25)29(36)39)35(32(41)44-27)16-23(37)34-21-6-4-5-17(2)15-21/h4-15,24-26H,3,16H2,1-2H3,(H,34,37)/t24-,25-,26+/m0/s1. The molecule has 6 rings (SSSR count). The predicted molar refractivity (Wildman–Crippen MR) is 172 cm³/mol. The van der Waals surface area contributed by atoms with Crippen LogP contribution >= 0.6 is 39.0 Å². The molecule has 0 bridgehead atoms. The largest absolute Gasteiger partial charge is 0.462 e. The first-order valence-electron chi connectivity index (χ1n) is 13.8. The monoisotopic (exact) mass is 691 g/mol. The van der Waals surface area contributed by atoms with Gasteiger partial charge in [0, 0.05) is 21.0 Å². The first-order valence-corrected chi connectivity index (χ1v) is 16.3. The third kappa shape index (κ3) is 5.53. The summed E-state index contributed by atoms with van der Waals surface area (Å²) in [5, 5.41) is 2.53. The van der Waals surface area contributed by atoms with Gasteiger partial charge in [-0.1, -0.05) is 63.3 Å². The molecule has 1 aromatic heterocycles. The number of fused-ring (bicyclic) bond motifs is 2. The van der Waals surface area contributed by atoms with E-state index in [1.54, 1.807) is 25.1 Å². The second-order valence-electron chi connectivity index (χ2n) is 10.4. The second-order valence-corrected chi connectivity index (χ2v) is 13.5. The van der Waals surface area contributed by atoms with Gasteiger partial charge in [0.05, 0.1) is 28.8 Å². The number of carbonyl (C=O) groups is 4. The molecule has 2 aliphatic rings. The summed E-state index contributed by atoms with van der Waals surface area (Å²) >= 11 is 5.60. The minimum absolute atomic E-state index is 0.227. The van der Waals surface area contributed by atoms with Gasteiger partial charge in [-0.15, -0.1) is 0 Å². The molecule has 9 nitrogen and oxygen atoms in total. The fourth-order valence-corrected chi connectivity index (χ4v) is 8.60. The Morgan fingerprint density at radius 3 is 2.39 bits per heavy atom. The van der Waals surface area contributed by atoms with E-state index in [2.05, 4.69) is 21.2 Å². The molecule has 3 amide bonds. The van der Waals surface area contributed by atoms with Crippen molar-refractivity contribution in [3.63, 3.8) is 0 Å². The SMILES string of the molecule is CCOC(=O)c1ccc(N2C(=O)[C@H]3[C@H](c4ccc(Br)cc4)c4sc(=O)n(CC(=O)Nc5cccc(C)c5)c4S[C@H]3C2=O)cc1. The number of halogens is 1. The summed E-state index contributed by atoms with van der Waals surface area (Å²) < 4.78 is 7.29. The van der Waals surface area contributed by atoms with Crippen LogP contribution in [0.5, 0.6) is 0 Å². The van der Waals surface area contributed by atoms with E-state index in [0.717, 1.165) is 43.6 Å². The number of carbonyl (C=O) groups excluding carboxylic acids is 4. The van der Waals surface area contributed by atoms with Gasteiger partial charge >= 0.3 is 10.8 Å². The lowest BCUT2D eigenvalue weighted by molar-refractivity contribution is -0.122. The quantitative estimate of drug-likeness (QED) is 0.198. The van der Waals surface area contributed by atoms with E-state index in [4.69, 9.17) is 4.74 Å². The Balaban J connectivity index is 1.37. The van der Waals surface area contributed by atoms with Crippen molar-refractivity contribution in [3.05, 3.63) is 109 Å². The van der Waals surface area contributed by atoms with Crippen molar-refractivity contribution >= 4 is 74.1 Å². The van der Waals surface area contributed by atoms with E-state index in [1.807, 2.05) is 49.4 Å². The molecule has 4 aromatic rings. The Kier molecular flexibility index (Phi) is 8.32. The van der Waals surface area contributed by atoms with Crippen LogP contribution in [-0.4, -0.2) is 40.1 Å². The number of amides is 3. The number of aryl methyl sites for hydroxylation is 1. The molecular formula is C32H26BrN3O6S2. The van der Waals surface area contributed by atoms with Gasteiger partial charge < -0.3 is 10.1 Å². The number of thiazole rings is 1. The maximum Gasteiger partial charge on any atom is 0.338 e. The topological polar surface area (TPSA) is 115 Å². The van der Waals surface area contributed by atoms with Crippen LogP contribution < -0.4 is 15.1 Å². The number of esters is 1. The third-order valence-corrected chi connectivity index (χ3v) is 10.7. The summed E-state index contributed by atoms with van der Waals surface area (Å²) in [7, 11) is 0. The average molecular weight is 693 g/mol. The molecule has 1 fully saturated rings. The van der Waals surface area contributed by atoms with E-state index >= 15 is 0 Å². The van der Waals surface area contributed by atoms with Gasteiger partial charge in [-0.25, -0.2) is 9.69 Å².